The number of ether oxygens (including phenoxy) is 3. The first kappa shape index (κ1) is 15.7. The number of carboxylic acids is 1. The van der Waals surface area contributed by atoms with E-state index in [4.69, 9.17) is 19.3 Å². The van der Waals surface area contributed by atoms with E-state index in [0.29, 0.717) is 22.9 Å². The summed E-state index contributed by atoms with van der Waals surface area (Å²) in [6.45, 7) is -0.247. The zero-order valence-electron chi connectivity index (χ0n) is 12.7. The fourth-order valence-electron chi connectivity index (χ4n) is 2.25. The zero-order chi connectivity index (χ0) is 16.9. The number of hydrogen-bond donors (Lipinski definition) is 2. The van der Waals surface area contributed by atoms with E-state index in [-0.39, 0.29) is 19.1 Å². The van der Waals surface area contributed by atoms with Crippen molar-refractivity contribution >= 4 is 17.6 Å². The third kappa shape index (κ3) is 3.95. The summed E-state index contributed by atoms with van der Waals surface area (Å²) < 4.78 is 15.6. The molecular formula is C17H15NO6. The van der Waals surface area contributed by atoms with E-state index in [1.807, 2.05) is 0 Å². The van der Waals surface area contributed by atoms with E-state index in [2.05, 4.69) is 5.32 Å². The van der Waals surface area contributed by atoms with Crippen LogP contribution in [0.15, 0.2) is 42.5 Å². The molecule has 0 radical (unpaired) electrons. The molecule has 1 aliphatic rings. The van der Waals surface area contributed by atoms with E-state index >= 15 is 0 Å². The molecule has 2 aromatic rings. The molecule has 7 nitrogen and oxygen atoms in total. The molecule has 24 heavy (non-hydrogen) atoms. The van der Waals surface area contributed by atoms with Crippen LogP contribution in [0.1, 0.15) is 5.56 Å². The lowest BCUT2D eigenvalue weighted by molar-refractivity contribution is -0.139. The van der Waals surface area contributed by atoms with Crippen molar-refractivity contribution in [3.05, 3.63) is 48.0 Å². The fraction of sp³-hybridized carbons (Fsp3) is 0.176. The van der Waals surface area contributed by atoms with Crippen LogP contribution >= 0.6 is 0 Å². The van der Waals surface area contributed by atoms with Crippen molar-refractivity contribution in [2.24, 2.45) is 0 Å². The van der Waals surface area contributed by atoms with E-state index in [0.717, 1.165) is 5.56 Å². The highest BCUT2D eigenvalue weighted by atomic mass is 16.7. The van der Waals surface area contributed by atoms with Crippen molar-refractivity contribution in [1.29, 1.82) is 0 Å². The number of nitrogens with one attached hydrogen (secondary N) is 1. The highest BCUT2D eigenvalue weighted by molar-refractivity contribution is 5.92. The Morgan fingerprint density at radius 3 is 2.79 bits per heavy atom. The van der Waals surface area contributed by atoms with Crippen LogP contribution in [-0.2, 0) is 16.0 Å². The Bertz CT molecular complexity index is 773. The SMILES string of the molecule is O=C(O)COc1cccc(NC(=O)Cc2ccc3c(c2)OCO3)c1. The molecule has 3 rings (SSSR count). The van der Waals surface area contributed by atoms with Gasteiger partial charge in [-0.25, -0.2) is 4.79 Å². The number of fused-ring (bicyclic) bond motifs is 1. The van der Waals surface area contributed by atoms with Crippen LogP contribution in [0.3, 0.4) is 0 Å². The monoisotopic (exact) mass is 329 g/mol. The van der Waals surface area contributed by atoms with Gasteiger partial charge in [-0.2, -0.15) is 0 Å². The molecule has 0 atom stereocenters. The first-order chi connectivity index (χ1) is 11.6. The number of amides is 1. The topological polar surface area (TPSA) is 94.1 Å². The minimum atomic E-state index is -1.06. The average Bonchev–Trinajstić information content (AvgIpc) is 3.01. The van der Waals surface area contributed by atoms with Gasteiger partial charge in [0, 0.05) is 11.8 Å². The fourth-order valence-corrected chi connectivity index (χ4v) is 2.25. The second kappa shape index (κ2) is 6.91. The predicted molar refractivity (Wildman–Crippen MR) is 84.5 cm³/mol. The van der Waals surface area contributed by atoms with E-state index < -0.39 is 12.6 Å². The predicted octanol–water partition coefficient (Wildman–Crippen LogP) is 2.06. The Balaban J connectivity index is 1.60. The molecule has 0 saturated heterocycles. The number of anilines is 1. The van der Waals surface area contributed by atoms with Gasteiger partial charge in [0.25, 0.3) is 0 Å². The molecule has 0 bridgehead atoms. The Morgan fingerprint density at radius 1 is 1.12 bits per heavy atom. The van der Waals surface area contributed by atoms with Crippen molar-refractivity contribution < 1.29 is 28.9 Å². The molecule has 0 spiro atoms. The summed E-state index contributed by atoms with van der Waals surface area (Å²) in [4.78, 5) is 22.6. The van der Waals surface area contributed by atoms with Crippen LogP contribution in [0, 0.1) is 0 Å². The van der Waals surface area contributed by atoms with Gasteiger partial charge in [0.2, 0.25) is 12.7 Å². The molecule has 0 aromatic heterocycles. The summed E-state index contributed by atoms with van der Waals surface area (Å²) in [5.74, 6) is 0.404. The summed E-state index contributed by atoms with van der Waals surface area (Å²) in [5.41, 5.74) is 1.33. The third-order valence-electron chi connectivity index (χ3n) is 3.28. The lowest BCUT2D eigenvalue weighted by atomic mass is 10.1. The van der Waals surface area contributed by atoms with Crippen molar-refractivity contribution in [1.82, 2.24) is 0 Å². The van der Waals surface area contributed by atoms with Crippen LogP contribution in [0.4, 0.5) is 5.69 Å². The van der Waals surface area contributed by atoms with Gasteiger partial charge in [-0.05, 0) is 29.8 Å². The summed E-state index contributed by atoms with van der Waals surface area (Å²) in [7, 11) is 0. The Hall–Kier alpha value is -3.22. The number of carbonyl (C=O) groups is 2. The van der Waals surface area contributed by atoms with Gasteiger partial charge in [0.15, 0.2) is 18.1 Å². The van der Waals surface area contributed by atoms with Gasteiger partial charge in [-0.3, -0.25) is 4.79 Å². The minimum absolute atomic E-state index is 0.177. The standard InChI is InChI=1S/C17H15NO6/c19-16(7-11-4-5-14-15(6-11)24-10-23-14)18-12-2-1-3-13(8-12)22-9-17(20)21/h1-6,8H,7,9-10H2,(H,18,19)(H,20,21). The molecule has 2 aromatic carbocycles. The number of benzene rings is 2. The van der Waals surface area contributed by atoms with Crippen molar-refractivity contribution in [2.75, 3.05) is 18.7 Å². The second-order valence-electron chi connectivity index (χ2n) is 5.12. The largest absolute Gasteiger partial charge is 0.482 e. The van der Waals surface area contributed by atoms with Gasteiger partial charge < -0.3 is 24.6 Å². The first-order valence-electron chi connectivity index (χ1n) is 7.23. The number of carbonyl (C=O) groups excluding carboxylic acids is 1. The van der Waals surface area contributed by atoms with Gasteiger partial charge in [-0.15, -0.1) is 0 Å². The smallest absolute Gasteiger partial charge is 0.341 e. The lowest BCUT2D eigenvalue weighted by Crippen LogP contribution is -2.14. The van der Waals surface area contributed by atoms with E-state index in [1.165, 1.54) is 0 Å². The maximum atomic E-state index is 12.1. The Kier molecular flexibility index (Phi) is 4.51. The molecule has 7 heteroatoms. The van der Waals surface area contributed by atoms with Gasteiger partial charge in [0.1, 0.15) is 5.75 Å². The number of hydrogen-bond acceptors (Lipinski definition) is 5. The summed E-state index contributed by atoms with van der Waals surface area (Å²) >= 11 is 0. The zero-order valence-corrected chi connectivity index (χ0v) is 12.7. The normalized spacial score (nSPS) is 11.8. The van der Waals surface area contributed by atoms with Crippen LogP contribution < -0.4 is 19.5 Å². The van der Waals surface area contributed by atoms with Crippen LogP contribution in [-0.4, -0.2) is 30.4 Å². The minimum Gasteiger partial charge on any atom is -0.482 e. The van der Waals surface area contributed by atoms with Crippen LogP contribution in [0.25, 0.3) is 0 Å². The highest BCUT2D eigenvalue weighted by Gasteiger charge is 2.14. The maximum Gasteiger partial charge on any atom is 0.341 e. The van der Waals surface area contributed by atoms with E-state index in [1.54, 1.807) is 42.5 Å². The number of rotatable bonds is 6. The molecule has 0 fully saturated rings. The lowest BCUT2D eigenvalue weighted by Gasteiger charge is -2.08. The summed E-state index contributed by atoms with van der Waals surface area (Å²) in [6, 6.07) is 11.9. The molecular weight excluding hydrogens is 314 g/mol. The highest BCUT2D eigenvalue weighted by Crippen LogP contribution is 2.32. The maximum absolute atomic E-state index is 12.1. The average molecular weight is 329 g/mol. The number of aliphatic carboxylic acids is 1. The molecule has 124 valence electrons. The van der Waals surface area contributed by atoms with Crippen LogP contribution in [0.2, 0.25) is 0 Å². The summed E-state index contributed by atoms with van der Waals surface area (Å²) in [5, 5.41) is 11.4. The van der Waals surface area contributed by atoms with Gasteiger partial charge in [-0.1, -0.05) is 12.1 Å². The second-order valence-corrected chi connectivity index (χ2v) is 5.12. The third-order valence-corrected chi connectivity index (χ3v) is 3.28. The first-order valence-corrected chi connectivity index (χ1v) is 7.23. The molecule has 1 amide bonds. The van der Waals surface area contributed by atoms with Gasteiger partial charge >= 0.3 is 5.97 Å². The van der Waals surface area contributed by atoms with E-state index in [9.17, 15) is 9.59 Å². The van der Waals surface area contributed by atoms with Crippen molar-refractivity contribution in [3.8, 4) is 17.2 Å². The van der Waals surface area contributed by atoms with Crippen molar-refractivity contribution in [2.45, 2.75) is 6.42 Å². The molecule has 1 heterocycles. The molecule has 0 saturated carbocycles. The summed E-state index contributed by atoms with van der Waals surface area (Å²) in [6.07, 6.45) is 0.177. The Labute approximate surface area is 137 Å². The number of carboxylic acid groups (broad SMARTS) is 1. The molecule has 1 aliphatic heterocycles. The van der Waals surface area contributed by atoms with Crippen molar-refractivity contribution in [3.63, 3.8) is 0 Å². The molecule has 0 unspecified atom stereocenters. The quantitative estimate of drug-likeness (QED) is 0.842. The molecule has 0 aliphatic carbocycles. The Morgan fingerprint density at radius 2 is 1.96 bits per heavy atom. The van der Waals surface area contributed by atoms with Gasteiger partial charge in [0.05, 0.1) is 6.42 Å². The molecule has 2 N–H and O–H groups in total. The van der Waals surface area contributed by atoms with Crippen LogP contribution in [0.5, 0.6) is 17.2 Å².